The molecule has 0 N–H and O–H groups in total. The Morgan fingerprint density at radius 2 is 1.18 bits per heavy atom. The van der Waals surface area contributed by atoms with Crippen LogP contribution >= 0.6 is 0 Å². The predicted molar refractivity (Wildman–Crippen MR) is 128 cm³/mol. The topological polar surface area (TPSA) is 9.23 Å². The van der Waals surface area contributed by atoms with E-state index in [1.807, 2.05) is 37.3 Å². The largest absolute Gasteiger partial charge is 0.494 e. The number of ether oxygens (including phenoxy) is 1. The van der Waals surface area contributed by atoms with Crippen LogP contribution in [-0.2, 0) is 6.42 Å². The summed E-state index contributed by atoms with van der Waals surface area (Å²) in [5.41, 5.74) is 4.34. The summed E-state index contributed by atoms with van der Waals surface area (Å²) < 4.78 is 48.5. The second-order valence-corrected chi connectivity index (χ2v) is 7.69. The molecule has 0 aromatic heterocycles. The fourth-order valence-corrected chi connectivity index (χ4v) is 3.67. The second kappa shape index (κ2) is 9.78. The van der Waals surface area contributed by atoms with Crippen LogP contribution in [0.1, 0.15) is 23.6 Å². The average molecular weight is 444 g/mol. The minimum Gasteiger partial charge on any atom is -0.494 e. The predicted octanol–water partition coefficient (Wildman–Crippen LogP) is 8.18. The SMILES string of the molecule is CCc1ccc(-c2ccc(-c3ccc(C=Cc4ccc(OC)c(F)c4)cc3)c(F)c2F)cc1. The van der Waals surface area contributed by atoms with Crippen molar-refractivity contribution in [2.45, 2.75) is 13.3 Å². The van der Waals surface area contributed by atoms with Crippen molar-refractivity contribution in [2.75, 3.05) is 7.11 Å². The normalized spacial score (nSPS) is 11.2. The van der Waals surface area contributed by atoms with Gasteiger partial charge in [-0.15, -0.1) is 0 Å². The van der Waals surface area contributed by atoms with Crippen LogP contribution < -0.4 is 4.74 Å². The first kappa shape index (κ1) is 22.4. The first-order valence-electron chi connectivity index (χ1n) is 10.7. The van der Waals surface area contributed by atoms with Crippen LogP contribution in [0.2, 0.25) is 0 Å². The third-order valence-corrected chi connectivity index (χ3v) is 5.62. The Labute approximate surface area is 191 Å². The molecule has 0 saturated heterocycles. The summed E-state index contributed by atoms with van der Waals surface area (Å²) in [4.78, 5) is 0. The molecule has 0 aliphatic heterocycles. The van der Waals surface area contributed by atoms with Crippen LogP contribution in [0.25, 0.3) is 34.4 Å². The molecule has 0 fully saturated rings. The number of aryl methyl sites for hydroxylation is 1. The summed E-state index contributed by atoms with van der Waals surface area (Å²) in [6.07, 6.45) is 4.49. The van der Waals surface area contributed by atoms with Crippen molar-refractivity contribution >= 4 is 12.2 Å². The maximum Gasteiger partial charge on any atom is 0.167 e. The number of rotatable bonds is 6. The summed E-state index contributed by atoms with van der Waals surface area (Å²) in [6, 6.07) is 22.5. The molecule has 4 heteroatoms. The molecule has 0 bridgehead atoms. The van der Waals surface area contributed by atoms with E-state index in [1.54, 1.807) is 54.6 Å². The van der Waals surface area contributed by atoms with Gasteiger partial charge in [0.2, 0.25) is 0 Å². The molecule has 0 amide bonds. The third-order valence-electron chi connectivity index (χ3n) is 5.62. The van der Waals surface area contributed by atoms with Crippen molar-refractivity contribution in [1.82, 2.24) is 0 Å². The van der Waals surface area contributed by atoms with Crippen molar-refractivity contribution in [3.05, 3.63) is 113 Å². The zero-order valence-corrected chi connectivity index (χ0v) is 18.4. The van der Waals surface area contributed by atoms with Crippen LogP contribution in [0.4, 0.5) is 13.2 Å². The van der Waals surface area contributed by atoms with E-state index in [0.717, 1.165) is 17.5 Å². The fraction of sp³-hybridized carbons (Fsp3) is 0.103. The maximum atomic E-state index is 14.9. The van der Waals surface area contributed by atoms with E-state index < -0.39 is 17.5 Å². The summed E-state index contributed by atoms with van der Waals surface area (Å²) in [5, 5.41) is 0. The molecular weight excluding hydrogens is 421 g/mol. The van der Waals surface area contributed by atoms with E-state index in [1.165, 1.54) is 13.2 Å². The molecule has 4 aromatic rings. The monoisotopic (exact) mass is 444 g/mol. The number of hydrogen-bond donors (Lipinski definition) is 0. The molecule has 0 saturated carbocycles. The Morgan fingerprint density at radius 1 is 0.667 bits per heavy atom. The van der Waals surface area contributed by atoms with Gasteiger partial charge in [-0.3, -0.25) is 0 Å². The second-order valence-electron chi connectivity index (χ2n) is 7.69. The van der Waals surface area contributed by atoms with Gasteiger partial charge in [0, 0.05) is 11.1 Å². The zero-order chi connectivity index (χ0) is 23.4. The molecule has 4 rings (SSSR count). The van der Waals surface area contributed by atoms with E-state index in [9.17, 15) is 13.2 Å². The maximum absolute atomic E-state index is 14.9. The minimum atomic E-state index is -0.871. The van der Waals surface area contributed by atoms with E-state index in [-0.39, 0.29) is 16.9 Å². The van der Waals surface area contributed by atoms with E-state index in [2.05, 4.69) is 0 Å². The number of benzene rings is 4. The molecule has 0 unspecified atom stereocenters. The summed E-state index contributed by atoms with van der Waals surface area (Å²) >= 11 is 0. The Kier molecular flexibility index (Phi) is 6.64. The highest BCUT2D eigenvalue weighted by atomic mass is 19.2. The number of halogens is 3. The van der Waals surface area contributed by atoms with Gasteiger partial charge in [0.05, 0.1) is 7.11 Å². The molecule has 1 nitrogen and oxygen atoms in total. The molecule has 33 heavy (non-hydrogen) atoms. The average Bonchev–Trinajstić information content (AvgIpc) is 2.85. The molecule has 4 aromatic carbocycles. The quantitative estimate of drug-likeness (QED) is 0.273. The Balaban J connectivity index is 1.56. The van der Waals surface area contributed by atoms with Gasteiger partial charge in [-0.25, -0.2) is 13.2 Å². The zero-order valence-electron chi connectivity index (χ0n) is 18.4. The van der Waals surface area contributed by atoms with Gasteiger partial charge in [-0.2, -0.15) is 0 Å². The molecule has 0 heterocycles. The standard InChI is InChI=1S/C29H23F3O/c1-3-19-6-11-22(12-7-19)24-15-16-25(29(32)28(24)31)23-13-8-20(9-14-23)4-5-21-10-17-27(33-2)26(30)18-21/h4-18H,3H2,1-2H3. The van der Waals surface area contributed by atoms with Crippen molar-refractivity contribution < 1.29 is 17.9 Å². The van der Waals surface area contributed by atoms with E-state index in [4.69, 9.17) is 4.74 Å². The third kappa shape index (κ3) is 4.85. The molecule has 0 aliphatic carbocycles. The van der Waals surface area contributed by atoms with Gasteiger partial charge >= 0.3 is 0 Å². The van der Waals surface area contributed by atoms with Gasteiger partial charge in [0.1, 0.15) is 0 Å². The first-order chi connectivity index (χ1) is 16.0. The first-order valence-corrected chi connectivity index (χ1v) is 10.7. The van der Waals surface area contributed by atoms with Crippen LogP contribution in [0.3, 0.4) is 0 Å². The minimum absolute atomic E-state index is 0.190. The molecule has 166 valence electrons. The summed E-state index contributed by atoms with van der Waals surface area (Å²) in [6.45, 7) is 2.05. The lowest BCUT2D eigenvalue weighted by molar-refractivity contribution is 0.386. The number of hydrogen-bond acceptors (Lipinski definition) is 1. The number of methoxy groups -OCH3 is 1. The molecule has 0 spiro atoms. The highest BCUT2D eigenvalue weighted by Crippen LogP contribution is 2.32. The smallest absolute Gasteiger partial charge is 0.167 e. The fourth-order valence-electron chi connectivity index (χ4n) is 3.67. The van der Waals surface area contributed by atoms with E-state index >= 15 is 0 Å². The van der Waals surface area contributed by atoms with Gasteiger partial charge in [0.25, 0.3) is 0 Å². The van der Waals surface area contributed by atoms with Crippen molar-refractivity contribution in [3.63, 3.8) is 0 Å². The summed E-state index contributed by atoms with van der Waals surface area (Å²) in [5.74, 6) is -1.97. The van der Waals surface area contributed by atoms with Crippen LogP contribution in [0, 0.1) is 17.5 Å². The van der Waals surface area contributed by atoms with Gasteiger partial charge < -0.3 is 4.74 Å². The van der Waals surface area contributed by atoms with Crippen LogP contribution in [-0.4, -0.2) is 7.11 Å². The lowest BCUT2D eigenvalue weighted by atomic mass is 9.97. The highest BCUT2D eigenvalue weighted by Gasteiger charge is 2.16. The van der Waals surface area contributed by atoms with Crippen LogP contribution in [0.15, 0.2) is 78.9 Å². The molecule has 0 radical (unpaired) electrons. The van der Waals surface area contributed by atoms with Gasteiger partial charge in [-0.05, 0) is 46.4 Å². The van der Waals surface area contributed by atoms with E-state index in [0.29, 0.717) is 16.7 Å². The highest BCUT2D eigenvalue weighted by molar-refractivity contribution is 5.74. The molecular formula is C29H23F3O. The lowest BCUT2D eigenvalue weighted by Crippen LogP contribution is -1.94. The summed E-state index contributed by atoms with van der Waals surface area (Å²) in [7, 11) is 1.42. The Morgan fingerprint density at radius 3 is 1.70 bits per heavy atom. The molecule has 0 atom stereocenters. The van der Waals surface area contributed by atoms with Gasteiger partial charge in [-0.1, -0.05) is 85.8 Å². The Hall–Kier alpha value is -3.79. The Bertz CT molecular complexity index is 1290. The van der Waals surface area contributed by atoms with Crippen molar-refractivity contribution in [3.8, 4) is 28.0 Å². The van der Waals surface area contributed by atoms with Crippen LogP contribution in [0.5, 0.6) is 5.75 Å². The van der Waals surface area contributed by atoms with Gasteiger partial charge in [0.15, 0.2) is 23.2 Å². The lowest BCUT2D eigenvalue weighted by Gasteiger charge is -2.10. The van der Waals surface area contributed by atoms with Crippen molar-refractivity contribution in [1.29, 1.82) is 0 Å². The van der Waals surface area contributed by atoms with Crippen molar-refractivity contribution in [2.24, 2.45) is 0 Å². The molecule has 0 aliphatic rings.